The summed E-state index contributed by atoms with van der Waals surface area (Å²) in [5, 5.41) is 2.76. The summed E-state index contributed by atoms with van der Waals surface area (Å²) < 4.78 is 17.8. The smallest absolute Gasteiger partial charge is 0.268 e. The summed E-state index contributed by atoms with van der Waals surface area (Å²) in [6.07, 6.45) is 2.14. The first kappa shape index (κ1) is 18.6. The molecule has 1 aromatic heterocycles. The predicted molar refractivity (Wildman–Crippen MR) is 96.2 cm³/mol. The van der Waals surface area contributed by atoms with E-state index in [0.717, 1.165) is 11.6 Å². The molecule has 2 aromatic rings. The van der Waals surface area contributed by atoms with Gasteiger partial charge in [-0.15, -0.1) is 0 Å². The zero-order valence-electron chi connectivity index (χ0n) is 14.8. The average Bonchev–Trinajstić information content (AvgIpc) is 3.00. The summed E-state index contributed by atoms with van der Waals surface area (Å²) >= 11 is 0. The van der Waals surface area contributed by atoms with Gasteiger partial charge in [-0.05, 0) is 24.1 Å². The number of nitrogens with one attached hydrogen (secondary N) is 2. The Kier molecular flexibility index (Phi) is 5.54. The highest BCUT2D eigenvalue weighted by molar-refractivity contribution is 5.93. The molecule has 0 radical (unpaired) electrons. The first-order valence-corrected chi connectivity index (χ1v) is 8.56. The summed E-state index contributed by atoms with van der Waals surface area (Å²) in [6, 6.07) is 6.99. The van der Waals surface area contributed by atoms with Gasteiger partial charge in [-0.3, -0.25) is 14.4 Å². The van der Waals surface area contributed by atoms with Gasteiger partial charge in [0.25, 0.3) is 5.91 Å². The zero-order chi connectivity index (χ0) is 19.4. The molecule has 1 atom stereocenters. The molecule has 0 spiro atoms. The molecule has 7 nitrogen and oxygen atoms in total. The number of halogens is 1. The van der Waals surface area contributed by atoms with Crippen LogP contribution in [0.1, 0.15) is 22.5 Å². The van der Waals surface area contributed by atoms with E-state index in [9.17, 15) is 18.8 Å². The number of aromatic amines is 1. The van der Waals surface area contributed by atoms with Gasteiger partial charge >= 0.3 is 0 Å². The summed E-state index contributed by atoms with van der Waals surface area (Å²) in [4.78, 5) is 40.6. The number of rotatable bonds is 6. The lowest BCUT2D eigenvalue weighted by Gasteiger charge is -2.17. The first-order valence-electron chi connectivity index (χ1n) is 8.56. The molecule has 2 amide bonds. The first-order chi connectivity index (χ1) is 13.0. The molecule has 3 rings (SSSR count). The fraction of sp³-hybridized carbons (Fsp3) is 0.316. The number of hydrogen-bond donors (Lipinski definition) is 2. The highest BCUT2D eigenvalue weighted by Gasteiger charge is 2.30. The molecule has 1 aromatic carbocycles. The van der Waals surface area contributed by atoms with Crippen molar-refractivity contribution in [2.24, 2.45) is 0 Å². The number of pyridine rings is 1. The normalized spacial score (nSPS) is 16.4. The maximum Gasteiger partial charge on any atom is 0.268 e. The van der Waals surface area contributed by atoms with Crippen molar-refractivity contribution >= 4 is 11.8 Å². The second-order valence-corrected chi connectivity index (χ2v) is 6.37. The second-order valence-electron chi connectivity index (χ2n) is 6.37. The van der Waals surface area contributed by atoms with Gasteiger partial charge in [0, 0.05) is 31.8 Å². The summed E-state index contributed by atoms with van der Waals surface area (Å²) in [5.74, 6) is -0.677. The van der Waals surface area contributed by atoms with Crippen LogP contribution in [0, 0.1) is 5.82 Å². The van der Waals surface area contributed by atoms with Crippen molar-refractivity contribution in [1.29, 1.82) is 0 Å². The Morgan fingerprint density at radius 2 is 2.07 bits per heavy atom. The third-order valence-corrected chi connectivity index (χ3v) is 4.47. The molecule has 0 bridgehead atoms. The molecule has 2 N–H and O–H groups in total. The number of nitrogens with zero attached hydrogens (tertiary/aromatic N) is 1. The molecule has 0 aliphatic carbocycles. The van der Waals surface area contributed by atoms with Gasteiger partial charge in [0.15, 0.2) is 5.75 Å². The van der Waals surface area contributed by atoms with Gasteiger partial charge in [0.2, 0.25) is 11.3 Å². The Morgan fingerprint density at radius 1 is 1.33 bits per heavy atom. The Labute approximate surface area is 155 Å². The minimum Gasteiger partial charge on any atom is -0.491 e. The second kappa shape index (κ2) is 8.03. The lowest BCUT2D eigenvalue weighted by Crippen LogP contribution is -2.38. The minimum absolute atomic E-state index is 0.0503. The van der Waals surface area contributed by atoms with E-state index in [1.165, 1.54) is 25.4 Å². The molecule has 1 aliphatic rings. The van der Waals surface area contributed by atoms with Crippen LogP contribution in [0.4, 0.5) is 4.39 Å². The molecule has 1 fully saturated rings. The van der Waals surface area contributed by atoms with Crippen molar-refractivity contribution < 1.29 is 18.7 Å². The zero-order valence-corrected chi connectivity index (χ0v) is 14.8. The average molecular weight is 373 g/mol. The number of benzene rings is 1. The number of carbonyl (C=O) groups excluding carboxylic acids is 2. The summed E-state index contributed by atoms with van der Waals surface area (Å²) in [5.41, 5.74) is 0.648. The van der Waals surface area contributed by atoms with Crippen molar-refractivity contribution in [3.63, 3.8) is 0 Å². The number of likely N-dealkylation sites (tertiary alicyclic amines) is 1. The van der Waals surface area contributed by atoms with Crippen LogP contribution in [0.5, 0.6) is 5.75 Å². The lowest BCUT2D eigenvalue weighted by atomic mass is 10.1. The van der Waals surface area contributed by atoms with Gasteiger partial charge in [0.1, 0.15) is 11.5 Å². The monoisotopic (exact) mass is 373 g/mol. The Bertz CT molecular complexity index is 895. The van der Waals surface area contributed by atoms with Gasteiger partial charge in [-0.2, -0.15) is 0 Å². The van der Waals surface area contributed by atoms with Crippen molar-refractivity contribution in [1.82, 2.24) is 15.2 Å². The highest BCUT2D eigenvalue weighted by Crippen LogP contribution is 2.13. The molecule has 8 heteroatoms. The van der Waals surface area contributed by atoms with Crippen LogP contribution < -0.4 is 15.5 Å². The predicted octanol–water partition coefficient (Wildman–Crippen LogP) is 1.10. The molecule has 1 aliphatic heterocycles. The van der Waals surface area contributed by atoms with Gasteiger partial charge in [-0.1, -0.05) is 12.1 Å². The van der Waals surface area contributed by atoms with E-state index in [2.05, 4.69) is 10.3 Å². The number of aromatic nitrogens is 1. The molecule has 2 heterocycles. The minimum atomic E-state index is -0.451. The van der Waals surface area contributed by atoms with Gasteiger partial charge in [-0.25, -0.2) is 4.39 Å². The largest absolute Gasteiger partial charge is 0.491 e. The van der Waals surface area contributed by atoms with Crippen LogP contribution in [-0.2, 0) is 11.2 Å². The number of carbonyl (C=O) groups is 2. The maximum atomic E-state index is 12.9. The SMILES string of the molecule is COc1c[nH]c(C(=O)NC2CC(=O)N(CCc3ccc(F)cc3)C2)cc1=O. The van der Waals surface area contributed by atoms with Crippen LogP contribution in [0.25, 0.3) is 0 Å². The standard InChI is InChI=1S/C19H20FN3O4/c1-27-17-10-21-15(9-16(17)24)19(26)22-14-8-18(25)23(11-14)7-6-12-2-4-13(20)5-3-12/h2-5,9-10,14H,6-8,11H2,1H3,(H,21,24)(H,22,26). The fourth-order valence-corrected chi connectivity index (χ4v) is 3.01. The summed E-state index contributed by atoms with van der Waals surface area (Å²) in [7, 11) is 1.37. The molecule has 27 heavy (non-hydrogen) atoms. The van der Waals surface area contributed by atoms with Crippen molar-refractivity contribution in [3.8, 4) is 5.75 Å². The molecule has 1 saturated heterocycles. The highest BCUT2D eigenvalue weighted by atomic mass is 19.1. The number of methoxy groups -OCH3 is 1. The summed E-state index contributed by atoms with van der Waals surface area (Å²) in [6.45, 7) is 0.891. The van der Waals surface area contributed by atoms with Crippen LogP contribution in [0.3, 0.4) is 0 Å². The van der Waals surface area contributed by atoms with E-state index < -0.39 is 11.3 Å². The Hall–Kier alpha value is -3.16. The fourth-order valence-electron chi connectivity index (χ4n) is 3.01. The van der Waals surface area contributed by atoms with E-state index in [1.54, 1.807) is 17.0 Å². The van der Waals surface area contributed by atoms with Crippen molar-refractivity contribution in [3.05, 3.63) is 63.8 Å². The van der Waals surface area contributed by atoms with E-state index in [0.29, 0.717) is 19.5 Å². The number of H-pyrrole nitrogens is 1. The van der Waals surface area contributed by atoms with E-state index >= 15 is 0 Å². The molecule has 0 saturated carbocycles. The topological polar surface area (TPSA) is 91.5 Å². The van der Waals surface area contributed by atoms with Crippen LogP contribution in [-0.4, -0.2) is 47.9 Å². The Balaban J connectivity index is 1.55. The van der Waals surface area contributed by atoms with Crippen LogP contribution >= 0.6 is 0 Å². The molecular formula is C19H20FN3O4. The third kappa shape index (κ3) is 4.52. The Morgan fingerprint density at radius 3 is 2.74 bits per heavy atom. The van der Waals surface area contributed by atoms with E-state index in [1.807, 2.05) is 0 Å². The molecule has 1 unspecified atom stereocenters. The number of hydrogen-bond acceptors (Lipinski definition) is 4. The third-order valence-electron chi connectivity index (χ3n) is 4.47. The lowest BCUT2D eigenvalue weighted by molar-refractivity contribution is -0.127. The number of amides is 2. The van der Waals surface area contributed by atoms with Crippen LogP contribution in [0.15, 0.2) is 41.3 Å². The van der Waals surface area contributed by atoms with E-state index in [-0.39, 0.29) is 35.6 Å². The quantitative estimate of drug-likeness (QED) is 0.793. The number of ether oxygens (including phenoxy) is 1. The van der Waals surface area contributed by atoms with Crippen LogP contribution in [0.2, 0.25) is 0 Å². The molecule has 142 valence electrons. The van der Waals surface area contributed by atoms with Crippen molar-refractivity contribution in [2.45, 2.75) is 18.9 Å². The van der Waals surface area contributed by atoms with E-state index in [4.69, 9.17) is 4.74 Å². The maximum absolute atomic E-state index is 12.9. The van der Waals surface area contributed by atoms with Crippen molar-refractivity contribution in [2.75, 3.05) is 20.2 Å². The molecular weight excluding hydrogens is 353 g/mol. The van der Waals surface area contributed by atoms with Gasteiger partial charge in [0.05, 0.1) is 13.2 Å². The van der Waals surface area contributed by atoms with Gasteiger partial charge < -0.3 is 19.9 Å².